The molecule has 0 heterocycles. The van der Waals surface area contributed by atoms with E-state index in [1.54, 1.807) is 0 Å². The van der Waals surface area contributed by atoms with Crippen molar-refractivity contribution in [2.24, 2.45) is 0 Å². The average Bonchev–Trinajstić information content (AvgIpc) is 3.03. The minimum atomic E-state index is 0.114. The number of aromatic hydroxyl groups is 1. The van der Waals surface area contributed by atoms with Gasteiger partial charge in [-0.1, -0.05) is 204 Å². The molecule has 1 N–H and O–H groups in total. The normalized spacial score (nSPS) is 12.3. The number of nitrogens with zero attached hydrogens (tertiary/aromatic N) is 1. The third kappa shape index (κ3) is 17.9. The van der Waals surface area contributed by atoms with Gasteiger partial charge >= 0.3 is 0 Å². The number of para-hydroxylation sites is 1. The van der Waals surface area contributed by atoms with Crippen molar-refractivity contribution in [3.63, 3.8) is 0 Å². The van der Waals surface area contributed by atoms with Crippen LogP contribution >= 0.6 is 0 Å². The smallest absolute Gasteiger partial charge is 0.120 e. The van der Waals surface area contributed by atoms with E-state index in [1.165, 1.54) is 160 Å². The molecule has 1 unspecified atom stereocenters. The predicted octanol–water partition coefficient (Wildman–Crippen LogP) is 13.2. The summed E-state index contributed by atoms with van der Waals surface area (Å²) >= 11 is 0. The molecule has 0 aliphatic heterocycles. The zero-order valence-electron chi connectivity index (χ0n) is 28.6. The van der Waals surface area contributed by atoms with Crippen molar-refractivity contribution >= 4 is 0 Å². The maximum absolute atomic E-state index is 10.9. The standard InChI is InChI=1S/C41H69NO/c1-3-5-7-9-11-13-15-17-19-21-23-30-36-42(37-31-24-22-20-18-16-14-12-10-8-6-4-2)41(38-32-26-25-27-33-38)39-34-28-29-35-40(39)43/h25-29,32-35,41,43H,3-24,30-31,36-37H2,1-2H3. The Hall–Kier alpha value is -1.80. The molecule has 2 aromatic rings. The van der Waals surface area contributed by atoms with E-state index >= 15 is 0 Å². The average molecular weight is 592 g/mol. The number of hydrogen-bond donors (Lipinski definition) is 1. The summed E-state index contributed by atoms with van der Waals surface area (Å²) in [7, 11) is 0. The molecule has 0 amide bonds. The van der Waals surface area contributed by atoms with Crippen molar-refractivity contribution in [2.45, 2.75) is 174 Å². The lowest BCUT2D eigenvalue weighted by Gasteiger charge is -2.33. The second kappa shape index (κ2) is 26.6. The zero-order chi connectivity index (χ0) is 30.6. The Balaban J connectivity index is 1.81. The van der Waals surface area contributed by atoms with E-state index in [2.05, 4.69) is 61.2 Å². The molecule has 0 radical (unpaired) electrons. The predicted molar refractivity (Wildman–Crippen MR) is 190 cm³/mol. The molecule has 2 heteroatoms. The quantitative estimate of drug-likeness (QED) is 0.0951. The number of unbranched alkanes of at least 4 members (excludes halogenated alkanes) is 22. The Bertz CT molecular complexity index is 837. The molecule has 0 aliphatic carbocycles. The highest BCUT2D eigenvalue weighted by molar-refractivity contribution is 5.40. The maximum atomic E-state index is 10.9. The highest BCUT2D eigenvalue weighted by atomic mass is 16.3. The minimum Gasteiger partial charge on any atom is -0.508 e. The molecule has 0 aliphatic rings. The molecule has 0 bridgehead atoms. The summed E-state index contributed by atoms with van der Waals surface area (Å²) in [6, 6.07) is 19.0. The lowest BCUT2D eigenvalue weighted by molar-refractivity contribution is 0.211. The van der Waals surface area contributed by atoms with Crippen molar-refractivity contribution in [1.29, 1.82) is 0 Å². The van der Waals surface area contributed by atoms with Gasteiger partial charge in [-0.3, -0.25) is 4.90 Å². The van der Waals surface area contributed by atoms with E-state index in [-0.39, 0.29) is 6.04 Å². The Morgan fingerprint density at radius 1 is 0.442 bits per heavy atom. The van der Waals surface area contributed by atoms with Crippen molar-refractivity contribution < 1.29 is 5.11 Å². The van der Waals surface area contributed by atoms with Crippen molar-refractivity contribution in [1.82, 2.24) is 4.90 Å². The second-order valence-electron chi connectivity index (χ2n) is 13.2. The van der Waals surface area contributed by atoms with Gasteiger partial charge in [0.1, 0.15) is 5.75 Å². The molecular weight excluding hydrogens is 522 g/mol. The van der Waals surface area contributed by atoms with Gasteiger partial charge < -0.3 is 5.11 Å². The van der Waals surface area contributed by atoms with Gasteiger partial charge in [-0.25, -0.2) is 0 Å². The van der Waals surface area contributed by atoms with Crippen LogP contribution in [0.4, 0.5) is 0 Å². The van der Waals surface area contributed by atoms with Gasteiger partial charge in [0.15, 0.2) is 0 Å². The van der Waals surface area contributed by atoms with Gasteiger partial charge in [0.25, 0.3) is 0 Å². The molecule has 2 nitrogen and oxygen atoms in total. The first-order valence-electron chi connectivity index (χ1n) is 18.8. The molecule has 0 saturated carbocycles. The highest BCUT2D eigenvalue weighted by Gasteiger charge is 2.24. The number of phenolic OH excluding ortho intramolecular Hbond substituents is 1. The molecule has 244 valence electrons. The van der Waals surface area contributed by atoms with Crippen LogP contribution in [0, 0.1) is 0 Å². The third-order valence-corrected chi connectivity index (χ3v) is 9.31. The van der Waals surface area contributed by atoms with Gasteiger partial charge in [0.2, 0.25) is 0 Å². The summed E-state index contributed by atoms with van der Waals surface area (Å²) in [5, 5.41) is 10.9. The van der Waals surface area contributed by atoms with Gasteiger partial charge in [0.05, 0.1) is 6.04 Å². The van der Waals surface area contributed by atoms with E-state index in [0.29, 0.717) is 5.75 Å². The molecule has 0 spiro atoms. The Labute approximate surface area is 268 Å². The Morgan fingerprint density at radius 2 is 0.791 bits per heavy atom. The van der Waals surface area contributed by atoms with Crippen LogP contribution in [0.15, 0.2) is 54.6 Å². The third-order valence-electron chi connectivity index (χ3n) is 9.31. The highest BCUT2D eigenvalue weighted by Crippen LogP contribution is 2.34. The summed E-state index contributed by atoms with van der Waals surface area (Å²) in [5.74, 6) is 0.422. The second-order valence-corrected chi connectivity index (χ2v) is 13.2. The van der Waals surface area contributed by atoms with Crippen LogP contribution < -0.4 is 0 Å². The van der Waals surface area contributed by atoms with Crippen LogP contribution in [0.25, 0.3) is 0 Å². The molecule has 2 rings (SSSR count). The fraction of sp³-hybridized carbons (Fsp3) is 0.707. The van der Waals surface area contributed by atoms with Crippen LogP contribution in [0.3, 0.4) is 0 Å². The fourth-order valence-electron chi connectivity index (χ4n) is 6.62. The lowest BCUT2D eigenvalue weighted by Crippen LogP contribution is -2.32. The molecule has 0 saturated heterocycles. The zero-order valence-corrected chi connectivity index (χ0v) is 28.6. The summed E-state index contributed by atoms with van der Waals surface area (Å²) < 4.78 is 0. The fourth-order valence-corrected chi connectivity index (χ4v) is 6.62. The van der Waals surface area contributed by atoms with Crippen LogP contribution in [-0.2, 0) is 0 Å². The first kappa shape index (κ1) is 37.4. The number of hydrogen-bond acceptors (Lipinski definition) is 2. The van der Waals surface area contributed by atoms with Crippen LogP contribution in [0.1, 0.15) is 185 Å². The van der Waals surface area contributed by atoms with E-state index in [0.717, 1.165) is 18.7 Å². The Morgan fingerprint density at radius 3 is 1.19 bits per heavy atom. The summed E-state index contributed by atoms with van der Waals surface area (Å²) in [4.78, 5) is 2.68. The molecule has 43 heavy (non-hydrogen) atoms. The van der Waals surface area contributed by atoms with Crippen LogP contribution in [0.5, 0.6) is 5.75 Å². The van der Waals surface area contributed by atoms with E-state index in [9.17, 15) is 5.11 Å². The van der Waals surface area contributed by atoms with Gasteiger partial charge in [-0.15, -0.1) is 0 Å². The number of rotatable bonds is 29. The Kier molecular flexibility index (Phi) is 23.1. The van der Waals surface area contributed by atoms with Crippen LogP contribution in [0.2, 0.25) is 0 Å². The van der Waals surface area contributed by atoms with Crippen molar-refractivity contribution in [3.05, 3.63) is 65.7 Å². The molecule has 0 fully saturated rings. The molecule has 1 atom stereocenters. The largest absolute Gasteiger partial charge is 0.508 e. The first-order chi connectivity index (χ1) is 21.3. The van der Waals surface area contributed by atoms with Crippen molar-refractivity contribution in [2.75, 3.05) is 13.1 Å². The minimum absolute atomic E-state index is 0.114. The first-order valence-corrected chi connectivity index (χ1v) is 18.8. The summed E-state index contributed by atoms with van der Waals surface area (Å²) in [5.41, 5.74) is 2.34. The summed E-state index contributed by atoms with van der Waals surface area (Å²) in [6.07, 6.45) is 33.2. The monoisotopic (exact) mass is 592 g/mol. The SMILES string of the molecule is CCCCCCCCCCCCCCN(CCCCCCCCCCCCCC)C(c1ccccc1)c1ccccc1O. The molecule has 2 aromatic carbocycles. The van der Waals surface area contributed by atoms with Gasteiger partial charge in [-0.05, 0) is 37.6 Å². The lowest BCUT2D eigenvalue weighted by atomic mass is 9.95. The van der Waals surface area contributed by atoms with Gasteiger partial charge in [-0.2, -0.15) is 0 Å². The van der Waals surface area contributed by atoms with E-state index in [4.69, 9.17) is 0 Å². The number of phenols is 1. The molecule has 0 aromatic heterocycles. The van der Waals surface area contributed by atoms with Gasteiger partial charge in [0, 0.05) is 5.56 Å². The number of benzene rings is 2. The van der Waals surface area contributed by atoms with E-state index < -0.39 is 0 Å². The van der Waals surface area contributed by atoms with E-state index in [1.807, 2.05) is 12.1 Å². The van der Waals surface area contributed by atoms with Crippen LogP contribution in [-0.4, -0.2) is 23.1 Å². The summed E-state index contributed by atoms with van der Waals surface area (Å²) in [6.45, 7) is 6.80. The topological polar surface area (TPSA) is 23.5 Å². The van der Waals surface area contributed by atoms with Crippen molar-refractivity contribution in [3.8, 4) is 5.75 Å². The maximum Gasteiger partial charge on any atom is 0.120 e. The molecular formula is C41H69NO.